The van der Waals surface area contributed by atoms with Gasteiger partial charge < -0.3 is 4.42 Å². The van der Waals surface area contributed by atoms with E-state index in [1.807, 2.05) is 19.1 Å². The third kappa shape index (κ3) is 1.53. The molecular weight excluding hydrogens is 152 g/mol. The van der Waals surface area contributed by atoms with Gasteiger partial charge in [-0.3, -0.25) is 4.79 Å². The molecule has 0 atom stereocenters. The number of aldehydes is 1. The molecule has 0 aliphatic carbocycles. The maximum absolute atomic E-state index is 10.3. The molecule has 1 rings (SSSR count). The lowest BCUT2D eigenvalue weighted by molar-refractivity contribution is 0.110. The summed E-state index contributed by atoms with van der Waals surface area (Å²) >= 11 is 0. The Morgan fingerprint density at radius 1 is 1.58 bits per heavy atom. The summed E-state index contributed by atoms with van der Waals surface area (Å²) in [6.07, 6.45) is 6.02. The fraction of sp³-hybridized carbons (Fsp3) is 0.100. The van der Waals surface area contributed by atoms with Gasteiger partial charge in [-0.15, -0.1) is 0 Å². The van der Waals surface area contributed by atoms with Crippen molar-refractivity contribution in [2.45, 2.75) is 6.92 Å². The van der Waals surface area contributed by atoms with Crippen molar-refractivity contribution in [1.29, 1.82) is 0 Å². The molecule has 0 spiro atoms. The van der Waals surface area contributed by atoms with Gasteiger partial charge in [0.15, 0.2) is 12.0 Å². The zero-order chi connectivity index (χ0) is 8.97. The lowest BCUT2D eigenvalue weighted by Crippen LogP contribution is -1.67. The summed E-state index contributed by atoms with van der Waals surface area (Å²) in [6, 6.07) is 1.68. The third-order valence-corrected chi connectivity index (χ3v) is 1.46. The Kier molecular flexibility index (Phi) is 2.64. The Hall–Kier alpha value is -1.57. The number of furan rings is 1. The maximum atomic E-state index is 10.3. The van der Waals surface area contributed by atoms with Crippen molar-refractivity contribution in [1.82, 2.24) is 0 Å². The van der Waals surface area contributed by atoms with E-state index in [9.17, 15) is 4.79 Å². The van der Waals surface area contributed by atoms with Crippen LogP contribution in [0.2, 0.25) is 0 Å². The van der Waals surface area contributed by atoms with Crippen LogP contribution in [0, 0.1) is 0 Å². The second-order valence-corrected chi connectivity index (χ2v) is 2.29. The van der Waals surface area contributed by atoms with Crippen LogP contribution >= 0.6 is 0 Å². The van der Waals surface area contributed by atoms with Gasteiger partial charge in [0, 0.05) is 5.56 Å². The normalized spacial score (nSPS) is 10.4. The fourth-order valence-electron chi connectivity index (χ4n) is 0.967. The van der Waals surface area contributed by atoms with Crippen LogP contribution in [0.5, 0.6) is 0 Å². The Morgan fingerprint density at radius 2 is 2.33 bits per heavy atom. The van der Waals surface area contributed by atoms with E-state index < -0.39 is 0 Å². The van der Waals surface area contributed by atoms with Crippen molar-refractivity contribution < 1.29 is 9.21 Å². The lowest BCUT2D eigenvalue weighted by atomic mass is 10.2. The summed E-state index contributed by atoms with van der Waals surface area (Å²) in [7, 11) is 0. The maximum Gasteiger partial charge on any atom is 0.185 e. The van der Waals surface area contributed by atoms with Crippen LogP contribution in [0.3, 0.4) is 0 Å². The van der Waals surface area contributed by atoms with E-state index in [0.717, 1.165) is 5.56 Å². The second-order valence-electron chi connectivity index (χ2n) is 2.29. The molecule has 0 fully saturated rings. The summed E-state index contributed by atoms with van der Waals surface area (Å²) in [5, 5.41) is 0. The number of carbonyl (C=O) groups is 1. The molecule has 0 N–H and O–H groups in total. The van der Waals surface area contributed by atoms with Gasteiger partial charge in [0.05, 0.1) is 0 Å². The Bertz CT molecular complexity index is 319. The number of rotatable bonds is 3. The van der Waals surface area contributed by atoms with E-state index >= 15 is 0 Å². The van der Waals surface area contributed by atoms with E-state index in [0.29, 0.717) is 17.8 Å². The minimum absolute atomic E-state index is 0.331. The second kappa shape index (κ2) is 3.72. The molecule has 1 heterocycles. The molecule has 0 saturated carbocycles. The molecule has 0 radical (unpaired) electrons. The van der Waals surface area contributed by atoms with Crippen molar-refractivity contribution in [2.75, 3.05) is 0 Å². The number of carbonyl (C=O) groups excluding carboxylic acids is 1. The van der Waals surface area contributed by atoms with Gasteiger partial charge in [0.1, 0.15) is 5.76 Å². The molecule has 2 heteroatoms. The average Bonchev–Trinajstić information content (AvgIpc) is 2.48. The highest BCUT2D eigenvalue weighted by molar-refractivity contribution is 5.75. The van der Waals surface area contributed by atoms with Crippen molar-refractivity contribution in [3.63, 3.8) is 0 Å². The molecule has 0 aromatic carbocycles. The molecule has 1 aromatic rings. The first kappa shape index (κ1) is 8.53. The van der Waals surface area contributed by atoms with Crippen LogP contribution in [-0.2, 0) is 0 Å². The van der Waals surface area contributed by atoms with Crippen molar-refractivity contribution in [2.24, 2.45) is 0 Å². The van der Waals surface area contributed by atoms with Crippen LogP contribution < -0.4 is 0 Å². The Morgan fingerprint density at radius 3 is 2.83 bits per heavy atom. The molecular formula is C10H10O2. The molecule has 1 aromatic heterocycles. The van der Waals surface area contributed by atoms with Crippen molar-refractivity contribution >= 4 is 18.4 Å². The minimum Gasteiger partial charge on any atom is -0.453 e. The number of hydrogen-bond acceptors (Lipinski definition) is 2. The molecule has 12 heavy (non-hydrogen) atoms. The van der Waals surface area contributed by atoms with Gasteiger partial charge in [0.25, 0.3) is 0 Å². The van der Waals surface area contributed by atoms with Gasteiger partial charge in [0.2, 0.25) is 0 Å². The van der Waals surface area contributed by atoms with E-state index in [2.05, 4.69) is 6.58 Å². The summed E-state index contributed by atoms with van der Waals surface area (Å²) in [6.45, 7) is 5.48. The van der Waals surface area contributed by atoms with E-state index in [1.54, 1.807) is 12.1 Å². The highest BCUT2D eigenvalue weighted by atomic mass is 16.3. The molecule has 0 saturated heterocycles. The summed E-state index contributed by atoms with van der Waals surface area (Å²) in [5.41, 5.74) is 0.884. The zero-order valence-electron chi connectivity index (χ0n) is 6.91. The predicted octanol–water partition coefficient (Wildman–Crippen LogP) is 2.77. The smallest absolute Gasteiger partial charge is 0.185 e. The van der Waals surface area contributed by atoms with Crippen LogP contribution in [0.15, 0.2) is 23.1 Å². The highest BCUT2D eigenvalue weighted by Gasteiger charge is 2.03. The summed E-state index contributed by atoms with van der Waals surface area (Å²) in [5.74, 6) is 0.966. The number of allylic oxidation sites excluding steroid dienone is 1. The van der Waals surface area contributed by atoms with Gasteiger partial charge in [-0.1, -0.05) is 18.7 Å². The van der Waals surface area contributed by atoms with E-state index in [-0.39, 0.29) is 0 Å². The Labute approximate surface area is 71.2 Å². The molecule has 0 unspecified atom stereocenters. The minimum atomic E-state index is 0.331. The van der Waals surface area contributed by atoms with E-state index in [4.69, 9.17) is 4.42 Å². The molecule has 0 bridgehead atoms. The van der Waals surface area contributed by atoms with Crippen LogP contribution in [0.25, 0.3) is 12.2 Å². The monoisotopic (exact) mass is 162 g/mol. The van der Waals surface area contributed by atoms with Gasteiger partial charge in [-0.25, -0.2) is 0 Å². The van der Waals surface area contributed by atoms with Crippen LogP contribution in [-0.4, -0.2) is 6.29 Å². The van der Waals surface area contributed by atoms with Gasteiger partial charge >= 0.3 is 0 Å². The predicted molar refractivity (Wildman–Crippen MR) is 48.9 cm³/mol. The van der Waals surface area contributed by atoms with Crippen molar-refractivity contribution in [3.05, 3.63) is 35.8 Å². The SMILES string of the molecule is C=Cc1oc(C=O)cc1/C=C\C. The zero-order valence-corrected chi connectivity index (χ0v) is 6.91. The molecule has 0 aliphatic rings. The molecule has 0 aliphatic heterocycles. The molecule has 2 nitrogen and oxygen atoms in total. The van der Waals surface area contributed by atoms with Crippen molar-refractivity contribution in [3.8, 4) is 0 Å². The third-order valence-electron chi connectivity index (χ3n) is 1.46. The van der Waals surface area contributed by atoms with Crippen LogP contribution in [0.1, 0.15) is 28.8 Å². The van der Waals surface area contributed by atoms with Gasteiger partial charge in [-0.05, 0) is 19.1 Å². The topological polar surface area (TPSA) is 30.2 Å². The first-order chi connectivity index (χ1) is 5.81. The quantitative estimate of drug-likeness (QED) is 0.639. The standard InChI is InChI=1S/C10H10O2/c1-3-5-8-6-9(7-11)12-10(8)4-2/h3-7H,2H2,1H3/b5-3-. The van der Waals surface area contributed by atoms with E-state index in [1.165, 1.54) is 0 Å². The lowest BCUT2D eigenvalue weighted by Gasteiger charge is -1.85. The largest absolute Gasteiger partial charge is 0.453 e. The van der Waals surface area contributed by atoms with Crippen LogP contribution in [0.4, 0.5) is 0 Å². The van der Waals surface area contributed by atoms with Gasteiger partial charge in [-0.2, -0.15) is 0 Å². The average molecular weight is 162 g/mol. The summed E-state index contributed by atoms with van der Waals surface area (Å²) in [4.78, 5) is 10.3. The Balaban J connectivity index is 3.15. The highest BCUT2D eigenvalue weighted by Crippen LogP contribution is 2.16. The number of hydrogen-bond donors (Lipinski definition) is 0. The summed E-state index contributed by atoms with van der Waals surface area (Å²) < 4.78 is 5.13. The fourth-order valence-corrected chi connectivity index (χ4v) is 0.967. The molecule has 62 valence electrons. The first-order valence-corrected chi connectivity index (χ1v) is 3.66. The molecule has 0 amide bonds. The first-order valence-electron chi connectivity index (χ1n) is 3.66.